The van der Waals surface area contributed by atoms with E-state index in [0.29, 0.717) is 16.9 Å². The summed E-state index contributed by atoms with van der Waals surface area (Å²) in [6.45, 7) is 1.62. The van der Waals surface area contributed by atoms with Gasteiger partial charge in [0.15, 0.2) is 10.7 Å². The van der Waals surface area contributed by atoms with E-state index < -0.39 is 10.8 Å². The first-order valence-electron chi connectivity index (χ1n) is 7.57. The van der Waals surface area contributed by atoms with Crippen LogP contribution >= 0.6 is 0 Å². The van der Waals surface area contributed by atoms with Crippen molar-refractivity contribution in [2.45, 2.75) is 6.92 Å². The lowest BCUT2D eigenvalue weighted by Gasteiger charge is -2.07. The third-order valence-corrected chi connectivity index (χ3v) is 3.70. The Balaban J connectivity index is 2.03. The van der Waals surface area contributed by atoms with Crippen LogP contribution in [0.4, 0.5) is 17.2 Å². The summed E-state index contributed by atoms with van der Waals surface area (Å²) in [6, 6.07) is 14.2. The molecule has 1 N–H and O–H groups in total. The van der Waals surface area contributed by atoms with Crippen molar-refractivity contribution in [1.82, 2.24) is 9.78 Å². The van der Waals surface area contributed by atoms with Gasteiger partial charge in [-0.05, 0) is 31.2 Å². The van der Waals surface area contributed by atoms with E-state index >= 15 is 0 Å². The number of nitro groups is 1. The van der Waals surface area contributed by atoms with E-state index in [1.54, 1.807) is 37.3 Å². The summed E-state index contributed by atoms with van der Waals surface area (Å²) in [5, 5.41) is 27.0. The van der Waals surface area contributed by atoms with E-state index in [2.05, 4.69) is 15.4 Å². The summed E-state index contributed by atoms with van der Waals surface area (Å²) in [5.41, 5.74) is 1.31. The molecule has 0 aliphatic carbocycles. The molecule has 9 nitrogen and oxygen atoms in total. The van der Waals surface area contributed by atoms with Crippen LogP contribution in [0.5, 0.6) is 0 Å². The molecule has 128 valence electrons. The standard InChI is InChI=1S/C17H12N6O3/c1-11-15(20-18)16(19-17(24)12-5-3-2-4-6-12)22(21-11)13-7-9-14(10-8-13)23(25)26/h2-10H,1H3/p+1. The van der Waals surface area contributed by atoms with Gasteiger partial charge in [0.1, 0.15) is 0 Å². The van der Waals surface area contributed by atoms with Gasteiger partial charge in [-0.25, -0.2) is 4.68 Å². The van der Waals surface area contributed by atoms with Crippen molar-refractivity contribution in [3.8, 4) is 5.69 Å². The van der Waals surface area contributed by atoms with E-state index in [1.807, 2.05) is 0 Å². The predicted octanol–water partition coefficient (Wildman–Crippen LogP) is 3.83. The Bertz CT molecular complexity index is 1020. The highest BCUT2D eigenvalue weighted by Crippen LogP contribution is 2.32. The zero-order valence-corrected chi connectivity index (χ0v) is 13.7. The number of rotatable bonds is 4. The predicted molar refractivity (Wildman–Crippen MR) is 94.1 cm³/mol. The van der Waals surface area contributed by atoms with Gasteiger partial charge < -0.3 is 0 Å². The third kappa shape index (κ3) is 3.11. The van der Waals surface area contributed by atoms with Gasteiger partial charge in [0, 0.05) is 17.7 Å². The van der Waals surface area contributed by atoms with E-state index in [-0.39, 0.29) is 17.2 Å². The Morgan fingerprint density at radius 1 is 1.19 bits per heavy atom. The maximum absolute atomic E-state index is 12.5. The van der Waals surface area contributed by atoms with Crippen LogP contribution in [0.15, 0.2) is 54.6 Å². The Hall–Kier alpha value is -4.06. The number of aryl methyl sites for hydroxylation is 1. The topological polar surface area (TPSA) is 118 Å². The normalized spacial score (nSPS) is 10.2. The van der Waals surface area contributed by atoms with Crippen molar-refractivity contribution in [3.63, 3.8) is 0 Å². The molecule has 0 fully saturated rings. The third-order valence-electron chi connectivity index (χ3n) is 3.70. The molecule has 0 aliphatic rings. The van der Waals surface area contributed by atoms with Crippen LogP contribution in [0.3, 0.4) is 0 Å². The molecule has 0 radical (unpaired) electrons. The van der Waals surface area contributed by atoms with Gasteiger partial charge in [-0.3, -0.25) is 20.2 Å². The first kappa shape index (κ1) is 16.8. The van der Waals surface area contributed by atoms with Crippen molar-refractivity contribution in [1.29, 1.82) is 5.39 Å². The molecule has 0 unspecified atom stereocenters. The summed E-state index contributed by atoms with van der Waals surface area (Å²) < 4.78 is 1.36. The summed E-state index contributed by atoms with van der Waals surface area (Å²) >= 11 is 0. The second kappa shape index (κ2) is 6.82. The zero-order valence-electron chi connectivity index (χ0n) is 13.7. The van der Waals surface area contributed by atoms with Gasteiger partial charge in [-0.15, -0.1) is 0 Å². The van der Waals surface area contributed by atoms with Gasteiger partial charge in [-0.2, -0.15) is 5.10 Å². The molecule has 3 rings (SSSR count). The molecule has 0 saturated carbocycles. The molecular weight excluding hydrogens is 336 g/mol. The van der Waals surface area contributed by atoms with Crippen LogP contribution in [0.25, 0.3) is 10.7 Å². The molecule has 0 atom stereocenters. The molecule has 1 heterocycles. The molecule has 1 aromatic heterocycles. The number of carbonyl (C=O) groups is 1. The number of carbonyl (C=O) groups excluding carboxylic acids is 1. The summed E-state index contributed by atoms with van der Waals surface area (Å²) in [5.74, 6) is -0.244. The molecule has 2 aromatic carbocycles. The molecule has 9 heteroatoms. The Kier molecular flexibility index (Phi) is 4.40. The Morgan fingerprint density at radius 3 is 2.42 bits per heavy atom. The number of nitro benzene ring substituents is 1. The molecule has 0 saturated heterocycles. The first-order valence-corrected chi connectivity index (χ1v) is 7.57. The van der Waals surface area contributed by atoms with Gasteiger partial charge in [0.2, 0.25) is 11.2 Å². The van der Waals surface area contributed by atoms with Crippen molar-refractivity contribution in [2.75, 3.05) is 5.32 Å². The highest BCUT2D eigenvalue weighted by molar-refractivity contribution is 6.05. The SMILES string of the molecule is Cc1nn(-c2ccc([N+](=O)[O-])cc2)c(NC(=O)c2ccccc2)c1[N+]#N. The quantitative estimate of drug-likeness (QED) is 0.436. The van der Waals surface area contributed by atoms with E-state index in [4.69, 9.17) is 0 Å². The van der Waals surface area contributed by atoms with Crippen molar-refractivity contribution in [2.24, 2.45) is 0 Å². The fraction of sp³-hybridized carbons (Fsp3) is 0.0588. The molecular formula is C17H13N6O3+. The van der Waals surface area contributed by atoms with Crippen LogP contribution in [-0.4, -0.2) is 20.6 Å². The highest BCUT2D eigenvalue weighted by atomic mass is 16.6. The molecule has 0 aliphatic heterocycles. The lowest BCUT2D eigenvalue weighted by molar-refractivity contribution is -0.384. The van der Waals surface area contributed by atoms with Gasteiger partial charge >= 0.3 is 5.69 Å². The summed E-state index contributed by atoms with van der Waals surface area (Å²) in [6.07, 6.45) is 0. The van der Waals surface area contributed by atoms with E-state index in [9.17, 15) is 20.3 Å². The number of anilines is 1. The fourth-order valence-corrected chi connectivity index (χ4v) is 2.42. The Morgan fingerprint density at radius 2 is 1.85 bits per heavy atom. The summed E-state index contributed by atoms with van der Waals surface area (Å²) in [7, 11) is 0. The minimum absolute atomic E-state index is 0.0698. The maximum atomic E-state index is 12.5. The number of non-ortho nitro benzene ring substituents is 1. The fourth-order valence-electron chi connectivity index (χ4n) is 2.42. The average molecular weight is 349 g/mol. The number of diazo groups is 1. The number of nitrogens with zero attached hydrogens (tertiary/aromatic N) is 5. The largest absolute Gasteiger partial charge is 0.449 e. The van der Waals surface area contributed by atoms with Crippen LogP contribution in [-0.2, 0) is 0 Å². The minimum atomic E-state index is -0.509. The number of benzene rings is 2. The Labute approximate surface area is 147 Å². The number of aromatic nitrogens is 2. The second-order valence-electron chi connectivity index (χ2n) is 5.39. The van der Waals surface area contributed by atoms with Crippen LogP contribution in [0, 0.1) is 22.4 Å². The number of amides is 1. The second-order valence-corrected chi connectivity index (χ2v) is 5.39. The summed E-state index contributed by atoms with van der Waals surface area (Å²) in [4.78, 5) is 25.9. The van der Waals surface area contributed by atoms with Crippen LogP contribution in [0.2, 0.25) is 0 Å². The zero-order chi connectivity index (χ0) is 18.7. The number of hydrogen-bond donors (Lipinski definition) is 1. The van der Waals surface area contributed by atoms with Crippen LogP contribution < -0.4 is 5.32 Å². The van der Waals surface area contributed by atoms with E-state index in [1.165, 1.54) is 28.9 Å². The van der Waals surface area contributed by atoms with Crippen molar-refractivity contribution >= 4 is 23.1 Å². The molecule has 0 spiro atoms. The maximum Gasteiger partial charge on any atom is 0.449 e. The molecule has 1 amide bonds. The van der Waals surface area contributed by atoms with Gasteiger partial charge in [-0.1, -0.05) is 18.2 Å². The van der Waals surface area contributed by atoms with Gasteiger partial charge in [0.05, 0.1) is 10.6 Å². The van der Waals surface area contributed by atoms with Gasteiger partial charge in [0.25, 0.3) is 11.6 Å². The lowest BCUT2D eigenvalue weighted by Crippen LogP contribution is -2.15. The van der Waals surface area contributed by atoms with Crippen molar-refractivity contribution in [3.05, 3.63) is 80.9 Å². The molecule has 3 aromatic rings. The number of hydrogen-bond acceptors (Lipinski definition) is 5. The average Bonchev–Trinajstić information content (AvgIpc) is 2.97. The molecule has 26 heavy (non-hydrogen) atoms. The molecule has 0 bridgehead atoms. The van der Waals surface area contributed by atoms with Crippen molar-refractivity contribution < 1.29 is 9.72 Å². The van der Waals surface area contributed by atoms with Crippen LogP contribution in [0.1, 0.15) is 16.1 Å². The first-order chi connectivity index (χ1) is 12.5. The van der Waals surface area contributed by atoms with E-state index in [0.717, 1.165) is 0 Å². The monoisotopic (exact) mass is 349 g/mol. The number of nitrogens with one attached hydrogen (secondary N) is 1. The lowest BCUT2D eigenvalue weighted by atomic mass is 10.2. The highest BCUT2D eigenvalue weighted by Gasteiger charge is 2.28. The smallest absolute Gasteiger partial charge is 0.300 e. The minimum Gasteiger partial charge on any atom is -0.300 e.